The monoisotopic (exact) mass is 373 g/mol. The number of carbonyl (C=O) groups excluding carboxylic acids is 1. The van der Waals surface area contributed by atoms with E-state index in [0.29, 0.717) is 31.1 Å². The minimum absolute atomic E-state index is 0.0436. The van der Waals surface area contributed by atoms with Crippen molar-refractivity contribution < 1.29 is 4.79 Å². The molecule has 0 radical (unpaired) electrons. The predicted octanol–water partition coefficient (Wildman–Crippen LogP) is 3.05. The van der Waals surface area contributed by atoms with Crippen molar-refractivity contribution in [2.45, 2.75) is 6.54 Å². The molecule has 2 aromatic carbocycles. The summed E-state index contributed by atoms with van der Waals surface area (Å²) in [7, 11) is 0. The van der Waals surface area contributed by atoms with Gasteiger partial charge in [0.15, 0.2) is 0 Å². The molecule has 1 fully saturated rings. The molecule has 6 heteroatoms. The second-order valence-corrected chi connectivity index (χ2v) is 6.74. The zero-order chi connectivity index (χ0) is 19.2. The molecule has 1 saturated heterocycles. The lowest BCUT2D eigenvalue weighted by molar-refractivity contribution is 0.0740. The minimum Gasteiger partial charge on any atom is -0.368 e. The Bertz CT molecular complexity index is 908. The lowest BCUT2D eigenvalue weighted by Gasteiger charge is -2.36. The molecule has 0 saturated carbocycles. The van der Waals surface area contributed by atoms with Crippen LogP contribution in [0.2, 0.25) is 0 Å². The van der Waals surface area contributed by atoms with Crippen LogP contribution in [0.3, 0.4) is 0 Å². The Labute approximate surface area is 164 Å². The van der Waals surface area contributed by atoms with Crippen LogP contribution in [0, 0.1) is 0 Å². The van der Waals surface area contributed by atoms with Crippen molar-refractivity contribution >= 4 is 17.4 Å². The van der Waals surface area contributed by atoms with Crippen LogP contribution >= 0.6 is 0 Å². The third kappa shape index (κ3) is 4.28. The SMILES string of the molecule is O=C(c1cc(NCc2ccccc2)ncn1)N1CCN(c2ccccc2)CC1. The molecule has 1 aliphatic rings. The molecule has 0 spiro atoms. The van der Waals surface area contributed by atoms with E-state index < -0.39 is 0 Å². The number of piperazine rings is 1. The van der Waals surface area contributed by atoms with Gasteiger partial charge in [-0.25, -0.2) is 9.97 Å². The van der Waals surface area contributed by atoms with E-state index in [-0.39, 0.29) is 5.91 Å². The van der Waals surface area contributed by atoms with Gasteiger partial charge in [0.2, 0.25) is 0 Å². The van der Waals surface area contributed by atoms with Crippen LogP contribution in [0.25, 0.3) is 0 Å². The number of nitrogens with zero attached hydrogens (tertiary/aromatic N) is 4. The van der Waals surface area contributed by atoms with E-state index in [2.05, 4.69) is 32.3 Å². The third-order valence-electron chi connectivity index (χ3n) is 4.89. The zero-order valence-corrected chi connectivity index (χ0v) is 15.7. The maximum Gasteiger partial charge on any atom is 0.272 e. The fraction of sp³-hybridized carbons (Fsp3) is 0.227. The number of nitrogens with one attached hydrogen (secondary N) is 1. The van der Waals surface area contributed by atoms with Crippen LogP contribution in [0.1, 0.15) is 16.1 Å². The van der Waals surface area contributed by atoms with E-state index in [4.69, 9.17) is 0 Å². The van der Waals surface area contributed by atoms with Crippen LogP contribution in [-0.4, -0.2) is 47.0 Å². The largest absolute Gasteiger partial charge is 0.368 e. The Kier molecular flexibility index (Phi) is 5.47. The number of carbonyl (C=O) groups is 1. The molecule has 28 heavy (non-hydrogen) atoms. The van der Waals surface area contributed by atoms with Gasteiger partial charge < -0.3 is 15.1 Å². The molecule has 1 amide bonds. The van der Waals surface area contributed by atoms with Gasteiger partial charge in [-0.15, -0.1) is 0 Å². The standard InChI is InChI=1S/C22H23N5O/c28-22(27-13-11-26(12-14-27)19-9-5-2-6-10-19)20-15-21(25-17-24-20)23-16-18-7-3-1-4-8-18/h1-10,15,17H,11-14,16H2,(H,23,24,25). The van der Waals surface area contributed by atoms with Gasteiger partial charge in [-0.05, 0) is 17.7 Å². The molecular formula is C22H23N5O. The van der Waals surface area contributed by atoms with Gasteiger partial charge in [-0.1, -0.05) is 48.5 Å². The number of hydrogen-bond donors (Lipinski definition) is 1. The highest BCUT2D eigenvalue weighted by Gasteiger charge is 2.23. The summed E-state index contributed by atoms with van der Waals surface area (Å²) in [5.74, 6) is 0.614. The molecule has 2 heterocycles. The molecule has 4 rings (SSSR count). The molecule has 1 aliphatic heterocycles. The van der Waals surface area contributed by atoms with Crippen LogP contribution < -0.4 is 10.2 Å². The highest BCUT2D eigenvalue weighted by atomic mass is 16.2. The Morgan fingerprint density at radius 1 is 0.893 bits per heavy atom. The van der Waals surface area contributed by atoms with Crippen molar-refractivity contribution in [1.29, 1.82) is 0 Å². The lowest BCUT2D eigenvalue weighted by atomic mass is 10.2. The van der Waals surface area contributed by atoms with Gasteiger partial charge in [-0.3, -0.25) is 4.79 Å². The topological polar surface area (TPSA) is 61.4 Å². The summed E-state index contributed by atoms with van der Waals surface area (Å²) in [4.78, 5) is 25.4. The fourth-order valence-corrected chi connectivity index (χ4v) is 3.33. The fourth-order valence-electron chi connectivity index (χ4n) is 3.33. The molecule has 0 bridgehead atoms. The van der Waals surface area contributed by atoms with Gasteiger partial charge in [0.25, 0.3) is 5.91 Å². The Morgan fingerprint density at radius 3 is 2.29 bits per heavy atom. The van der Waals surface area contributed by atoms with Crippen molar-refractivity contribution in [3.63, 3.8) is 0 Å². The normalized spacial score (nSPS) is 14.0. The maximum atomic E-state index is 12.9. The molecule has 0 aliphatic carbocycles. The van der Waals surface area contributed by atoms with E-state index in [0.717, 1.165) is 18.7 Å². The smallest absolute Gasteiger partial charge is 0.272 e. The zero-order valence-electron chi connectivity index (χ0n) is 15.7. The van der Waals surface area contributed by atoms with Gasteiger partial charge in [0.1, 0.15) is 17.8 Å². The first-order valence-electron chi connectivity index (χ1n) is 9.49. The number of hydrogen-bond acceptors (Lipinski definition) is 5. The molecule has 1 N–H and O–H groups in total. The van der Waals surface area contributed by atoms with Crippen LogP contribution in [-0.2, 0) is 6.54 Å². The minimum atomic E-state index is -0.0436. The third-order valence-corrected chi connectivity index (χ3v) is 4.89. The number of rotatable bonds is 5. The van der Waals surface area contributed by atoms with Crippen LogP contribution in [0.5, 0.6) is 0 Å². The van der Waals surface area contributed by atoms with Crippen molar-refractivity contribution in [3.05, 3.63) is 84.3 Å². The number of benzene rings is 2. The summed E-state index contributed by atoms with van der Waals surface area (Å²) in [6.45, 7) is 3.66. The van der Waals surface area contributed by atoms with Crippen molar-refractivity contribution in [3.8, 4) is 0 Å². The highest BCUT2D eigenvalue weighted by molar-refractivity contribution is 5.93. The average molecular weight is 373 g/mol. The van der Waals surface area contributed by atoms with Gasteiger partial charge in [0, 0.05) is 44.5 Å². The summed E-state index contributed by atoms with van der Waals surface area (Å²) >= 11 is 0. The average Bonchev–Trinajstić information content (AvgIpc) is 2.79. The molecule has 3 aromatic rings. The Hall–Kier alpha value is -3.41. The summed E-state index contributed by atoms with van der Waals surface area (Å²) in [5.41, 5.74) is 2.79. The Balaban J connectivity index is 1.36. The first kappa shape index (κ1) is 18.0. The Morgan fingerprint density at radius 2 is 1.57 bits per heavy atom. The molecule has 1 aromatic heterocycles. The number of amides is 1. The molecular weight excluding hydrogens is 350 g/mol. The van der Waals surface area contributed by atoms with E-state index in [1.54, 1.807) is 6.07 Å². The number of anilines is 2. The van der Waals surface area contributed by atoms with E-state index in [1.165, 1.54) is 12.0 Å². The van der Waals surface area contributed by atoms with Crippen molar-refractivity contribution in [2.24, 2.45) is 0 Å². The summed E-state index contributed by atoms with van der Waals surface area (Å²) in [6, 6.07) is 22.1. The van der Waals surface area contributed by atoms with Crippen LogP contribution in [0.4, 0.5) is 11.5 Å². The van der Waals surface area contributed by atoms with Crippen molar-refractivity contribution in [1.82, 2.24) is 14.9 Å². The molecule has 142 valence electrons. The van der Waals surface area contributed by atoms with E-state index >= 15 is 0 Å². The molecule has 6 nitrogen and oxygen atoms in total. The molecule has 0 unspecified atom stereocenters. The lowest BCUT2D eigenvalue weighted by Crippen LogP contribution is -2.49. The van der Waals surface area contributed by atoms with Crippen LogP contribution in [0.15, 0.2) is 73.1 Å². The predicted molar refractivity (Wildman–Crippen MR) is 110 cm³/mol. The number of para-hydroxylation sites is 1. The second kappa shape index (κ2) is 8.52. The first-order valence-corrected chi connectivity index (χ1v) is 9.49. The van der Waals surface area contributed by atoms with E-state index in [9.17, 15) is 4.79 Å². The highest BCUT2D eigenvalue weighted by Crippen LogP contribution is 2.17. The number of aromatic nitrogens is 2. The van der Waals surface area contributed by atoms with Gasteiger partial charge in [-0.2, -0.15) is 0 Å². The first-order chi connectivity index (χ1) is 13.8. The summed E-state index contributed by atoms with van der Waals surface area (Å²) in [6.07, 6.45) is 1.45. The van der Waals surface area contributed by atoms with E-state index in [1.807, 2.05) is 53.4 Å². The van der Waals surface area contributed by atoms with Gasteiger partial charge in [0.05, 0.1) is 0 Å². The summed E-state index contributed by atoms with van der Waals surface area (Å²) in [5, 5.41) is 3.26. The summed E-state index contributed by atoms with van der Waals surface area (Å²) < 4.78 is 0. The molecule has 0 atom stereocenters. The van der Waals surface area contributed by atoms with Crippen molar-refractivity contribution in [2.75, 3.05) is 36.4 Å². The second-order valence-electron chi connectivity index (χ2n) is 6.74. The maximum absolute atomic E-state index is 12.9. The quantitative estimate of drug-likeness (QED) is 0.745. The van der Waals surface area contributed by atoms with Gasteiger partial charge >= 0.3 is 0 Å².